The van der Waals surface area contributed by atoms with E-state index >= 15 is 0 Å². The van der Waals surface area contributed by atoms with Gasteiger partial charge in [-0.2, -0.15) is 0 Å². The molecule has 2 rings (SSSR count). The molecule has 0 spiro atoms. The number of benzene rings is 2. The van der Waals surface area contributed by atoms with Gasteiger partial charge in [0.15, 0.2) is 0 Å². The zero-order valence-corrected chi connectivity index (χ0v) is 13.8. The molecular weight excluding hydrogens is 288 g/mol. The van der Waals surface area contributed by atoms with Crippen LogP contribution in [0.15, 0.2) is 48.5 Å². The number of rotatable bonds is 5. The number of carbonyl (C=O) groups is 1. The lowest BCUT2D eigenvalue weighted by Gasteiger charge is -2.18. The summed E-state index contributed by atoms with van der Waals surface area (Å²) in [7, 11) is 0. The van der Waals surface area contributed by atoms with E-state index in [-0.39, 0.29) is 12.6 Å². The fraction of sp³-hybridized carbons (Fsp3) is 0.316. The topological polar surface area (TPSA) is 61.4 Å². The number of hydrogen-bond donors (Lipinski definition) is 3. The highest BCUT2D eigenvalue weighted by atomic mass is 16.3. The first-order valence-corrected chi connectivity index (χ1v) is 7.86. The standard InChI is InChI=1S/C19H24N2O2/c1-13(2)16-11-7-8-14(3)18(16)21-19(23)20-12-17(22)15-9-5-4-6-10-15/h4-11,13,17,22H,12H2,1-3H3,(H2,20,21,23)/t17-/m0/s1. The van der Waals surface area contributed by atoms with Crippen molar-refractivity contribution >= 4 is 11.7 Å². The second-order valence-electron chi connectivity index (χ2n) is 5.96. The maximum absolute atomic E-state index is 12.1. The summed E-state index contributed by atoms with van der Waals surface area (Å²) in [5.74, 6) is 0.320. The van der Waals surface area contributed by atoms with Crippen molar-refractivity contribution < 1.29 is 9.90 Å². The summed E-state index contributed by atoms with van der Waals surface area (Å²) in [5.41, 5.74) is 3.75. The van der Waals surface area contributed by atoms with Gasteiger partial charge in [-0.25, -0.2) is 4.79 Å². The average molecular weight is 312 g/mol. The third kappa shape index (κ3) is 4.57. The van der Waals surface area contributed by atoms with Gasteiger partial charge in [-0.1, -0.05) is 62.4 Å². The Balaban J connectivity index is 1.98. The summed E-state index contributed by atoms with van der Waals surface area (Å²) in [5, 5.41) is 15.7. The quantitative estimate of drug-likeness (QED) is 0.782. The van der Waals surface area contributed by atoms with Crippen LogP contribution in [-0.2, 0) is 0 Å². The predicted molar refractivity (Wildman–Crippen MR) is 93.7 cm³/mol. The Morgan fingerprint density at radius 1 is 1.09 bits per heavy atom. The molecule has 122 valence electrons. The molecule has 3 N–H and O–H groups in total. The number of anilines is 1. The van der Waals surface area contributed by atoms with E-state index in [2.05, 4.69) is 24.5 Å². The van der Waals surface area contributed by atoms with E-state index in [0.29, 0.717) is 5.92 Å². The molecule has 0 fully saturated rings. The Labute approximate surface area is 137 Å². The monoisotopic (exact) mass is 312 g/mol. The molecule has 1 atom stereocenters. The van der Waals surface area contributed by atoms with E-state index in [1.165, 1.54) is 0 Å². The van der Waals surface area contributed by atoms with Gasteiger partial charge < -0.3 is 15.7 Å². The van der Waals surface area contributed by atoms with Gasteiger partial charge in [0.05, 0.1) is 6.10 Å². The third-order valence-electron chi connectivity index (χ3n) is 3.81. The predicted octanol–water partition coefficient (Wildman–Crippen LogP) is 3.97. The van der Waals surface area contributed by atoms with Gasteiger partial charge in [0, 0.05) is 12.2 Å². The smallest absolute Gasteiger partial charge is 0.319 e. The molecule has 4 nitrogen and oxygen atoms in total. The van der Waals surface area contributed by atoms with Crippen LogP contribution in [0.5, 0.6) is 0 Å². The van der Waals surface area contributed by atoms with E-state index in [0.717, 1.165) is 22.4 Å². The molecule has 2 aromatic carbocycles. The van der Waals surface area contributed by atoms with E-state index in [4.69, 9.17) is 0 Å². The number of nitrogens with one attached hydrogen (secondary N) is 2. The number of aryl methyl sites for hydroxylation is 1. The van der Waals surface area contributed by atoms with Crippen LogP contribution in [0.2, 0.25) is 0 Å². The summed E-state index contributed by atoms with van der Waals surface area (Å²) >= 11 is 0. The molecule has 0 bridgehead atoms. The fourth-order valence-electron chi connectivity index (χ4n) is 2.48. The number of para-hydroxylation sites is 1. The van der Waals surface area contributed by atoms with Crippen LogP contribution in [0.3, 0.4) is 0 Å². The molecule has 0 heterocycles. The third-order valence-corrected chi connectivity index (χ3v) is 3.81. The second kappa shape index (κ2) is 7.79. The van der Waals surface area contributed by atoms with Gasteiger partial charge >= 0.3 is 6.03 Å². The molecule has 4 heteroatoms. The van der Waals surface area contributed by atoms with Crippen LogP contribution in [0.1, 0.15) is 42.6 Å². The summed E-state index contributed by atoms with van der Waals surface area (Å²) < 4.78 is 0. The molecule has 0 aliphatic carbocycles. The van der Waals surface area contributed by atoms with Gasteiger partial charge in [-0.3, -0.25) is 0 Å². The Morgan fingerprint density at radius 2 is 1.78 bits per heavy atom. The van der Waals surface area contributed by atoms with Crippen molar-refractivity contribution in [2.24, 2.45) is 0 Å². The number of carbonyl (C=O) groups excluding carboxylic acids is 1. The average Bonchev–Trinajstić information content (AvgIpc) is 2.55. The van der Waals surface area contributed by atoms with Crippen LogP contribution in [0.4, 0.5) is 10.5 Å². The lowest BCUT2D eigenvalue weighted by Crippen LogP contribution is -2.33. The molecule has 0 aliphatic rings. The minimum Gasteiger partial charge on any atom is -0.387 e. The summed E-state index contributed by atoms with van der Waals surface area (Å²) in [6.07, 6.45) is -0.719. The van der Waals surface area contributed by atoms with Crippen molar-refractivity contribution in [1.29, 1.82) is 0 Å². The molecule has 0 aromatic heterocycles. The zero-order chi connectivity index (χ0) is 16.8. The molecule has 2 amide bonds. The van der Waals surface area contributed by atoms with E-state index in [1.54, 1.807) is 0 Å². The lowest BCUT2D eigenvalue weighted by atomic mass is 9.98. The van der Waals surface area contributed by atoms with E-state index < -0.39 is 6.10 Å². The number of amides is 2. The van der Waals surface area contributed by atoms with Crippen LogP contribution in [0.25, 0.3) is 0 Å². The van der Waals surface area contributed by atoms with E-state index in [1.807, 2.05) is 55.5 Å². The highest BCUT2D eigenvalue weighted by Crippen LogP contribution is 2.27. The summed E-state index contributed by atoms with van der Waals surface area (Å²) in [4.78, 5) is 12.1. The van der Waals surface area contributed by atoms with Crippen molar-refractivity contribution in [2.45, 2.75) is 32.8 Å². The van der Waals surface area contributed by atoms with Crippen molar-refractivity contribution in [3.8, 4) is 0 Å². The Bertz CT molecular complexity index is 654. The summed E-state index contributed by atoms with van der Waals surface area (Å²) in [6.45, 7) is 6.33. The SMILES string of the molecule is Cc1cccc(C(C)C)c1NC(=O)NC[C@H](O)c1ccccc1. The largest absolute Gasteiger partial charge is 0.387 e. The summed E-state index contributed by atoms with van der Waals surface area (Å²) in [6, 6.07) is 15.0. The molecular formula is C19H24N2O2. The molecule has 0 saturated carbocycles. The van der Waals surface area contributed by atoms with Gasteiger partial charge in [0.1, 0.15) is 0 Å². The van der Waals surface area contributed by atoms with Crippen LogP contribution in [0, 0.1) is 6.92 Å². The lowest BCUT2D eigenvalue weighted by molar-refractivity contribution is 0.175. The molecule has 2 aromatic rings. The molecule has 0 unspecified atom stereocenters. The molecule has 0 saturated heterocycles. The number of urea groups is 1. The fourth-order valence-corrected chi connectivity index (χ4v) is 2.48. The first-order valence-electron chi connectivity index (χ1n) is 7.86. The van der Waals surface area contributed by atoms with Gasteiger partial charge in [-0.05, 0) is 29.5 Å². The Hall–Kier alpha value is -2.33. The van der Waals surface area contributed by atoms with Crippen LogP contribution < -0.4 is 10.6 Å². The van der Waals surface area contributed by atoms with Gasteiger partial charge in [0.25, 0.3) is 0 Å². The minimum absolute atomic E-state index is 0.165. The van der Waals surface area contributed by atoms with Crippen LogP contribution >= 0.6 is 0 Å². The zero-order valence-electron chi connectivity index (χ0n) is 13.8. The highest BCUT2D eigenvalue weighted by Gasteiger charge is 2.13. The Kier molecular flexibility index (Phi) is 5.77. The van der Waals surface area contributed by atoms with E-state index in [9.17, 15) is 9.90 Å². The van der Waals surface area contributed by atoms with Crippen molar-refractivity contribution in [3.63, 3.8) is 0 Å². The Morgan fingerprint density at radius 3 is 2.43 bits per heavy atom. The minimum atomic E-state index is -0.719. The van der Waals surface area contributed by atoms with Crippen LogP contribution in [-0.4, -0.2) is 17.7 Å². The maximum atomic E-state index is 12.1. The number of hydrogen-bond acceptors (Lipinski definition) is 2. The molecule has 0 radical (unpaired) electrons. The van der Waals surface area contributed by atoms with Crippen molar-refractivity contribution in [1.82, 2.24) is 5.32 Å². The van der Waals surface area contributed by atoms with Gasteiger partial charge in [-0.15, -0.1) is 0 Å². The maximum Gasteiger partial charge on any atom is 0.319 e. The van der Waals surface area contributed by atoms with Crippen molar-refractivity contribution in [2.75, 3.05) is 11.9 Å². The highest BCUT2D eigenvalue weighted by molar-refractivity contribution is 5.91. The first kappa shape index (κ1) is 17.0. The van der Waals surface area contributed by atoms with Crippen molar-refractivity contribution in [3.05, 3.63) is 65.2 Å². The normalized spacial score (nSPS) is 12.0. The number of aliphatic hydroxyl groups excluding tert-OH is 1. The first-order chi connectivity index (χ1) is 11.0. The molecule has 23 heavy (non-hydrogen) atoms. The second-order valence-corrected chi connectivity index (χ2v) is 5.96. The number of aliphatic hydroxyl groups is 1. The molecule has 0 aliphatic heterocycles. The van der Waals surface area contributed by atoms with Gasteiger partial charge in [0.2, 0.25) is 0 Å².